The molecule has 0 aliphatic rings. The molecule has 0 aromatic carbocycles. The van der Waals surface area contributed by atoms with Crippen LogP contribution in [-0.4, -0.2) is 19.6 Å². The molecule has 0 bridgehead atoms. The summed E-state index contributed by atoms with van der Waals surface area (Å²) in [5.41, 5.74) is 9.50. The first-order chi connectivity index (χ1) is 8.15. The monoisotopic (exact) mass is 233 g/mol. The quantitative estimate of drug-likeness (QED) is 0.868. The molecule has 17 heavy (non-hydrogen) atoms. The maximum Gasteiger partial charge on any atom is 0.0756 e. The summed E-state index contributed by atoms with van der Waals surface area (Å²) in [6.07, 6.45) is 4.69. The lowest BCUT2D eigenvalue weighted by molar-refractivity contribution is 0.559. The normalized spacial score (nSPS) is 12.9. The SMILES string of the molecule is CCCn1nccc1C(N)c1cnn(C)c1C. The highest BCUT2D eigenvalue weighted by Gasteiger charge is 2.17. The molecule has 2 aromatic rings. The van der Waals surface area contributed by atoms with Gasteiger partial charge in [0.1, 0.15) is 0 Å². The van der Waals surface area contributed by atoms with Gasteiger partial charge in [0.15, 0.2) is 0 Å². The summed E-state index contributed by atoms with van der Waals surface area (Å²) in [6.45, 7) is 5.06. The summed E-state index contributed by atoms with van der Waals surface area (Å²) in [5, 5.41) is 8.53. The molecule has 2 N–H and O–H groups in total. The van der Waals surface area contributed by atoms with E-state index in [1.165, 1.54) is 0 Å². The van der Waals surface area contributed by atoms with E-state index in [2.05, 4.69) is 17.1 Å². The molecule has 0 fully saturated rings. The van der Waals surface area contributed by atoms with E-state index in [9.17, 15) is 0 Å². The molecule has 5 nitrogen and oxygen atoms in total. The van der Waals surface area contributed by atoms with Gasteiger partial charge >= 0.3 is 0 Å². The lowest BCUT2D eigenvalue weighted by Crippen LogP contribution is -2.18. The fourth-order valence-electron chi connectivity index (χ4n) is 1.99. The van der Waals surface area contributed by atoms with E-state index in [1.54, 1.807) is 6.20 Å². The Morgan fingerprint density at radius 2 is 2.18 bits per heavy atom. The van der Waals surface area contributed by atoms with Gasteiger partial charge in [0.2, 0.25) is 0 Å². The second-order valence-corrected chi connectivity index (χ2v) is 4.27. The lowest BCUT2D eigenvalue weighted by atomic mass is 10.1. The fourth-order valence-corrected chi connectivity index (χ4v) is 1.99. The summed E-state index contributed by atoms with van der Waals surface area (Å²) < 4.78 is 3.81. The molecule has 92 valence electrons. The van der Waals surface area contributed by atoms with Gasteiger partial charge < -0.3 is 5.73 Å². The largest absolute Gasteiger partial charge is 0.319 e. The Morgan fingerprint density at radius 3 is 2.76 bits per heavy atom. The van der Waals surface area contributed by atoms with Gasteiger partial charge in [-0.05, 0) is 19.4 Å². The zero-order chi connectivity index (χ0) is 12.4. The van der Waals surface area contributed by atoms with Crippen LogP contribution in [0.4, 0.5) is 0 Å². The topological polar surface area (TPSA) is 61.7 Å². The molecular weight excluding hydrogens is 214 g/mol. The van der Waals surface area contributed by atoms with Crippen LogP contribution in [0.1, 0.15) is 36.3 Å². The van der Waals surface area contributed by atoms with Gasteiger partial charge in [0, 0.05) is 31.0 Å². The van der Waals surface area contributed by atoms with Crippen molar-refractivity contribution in [2.24, 2.45) is 12.8 Å². The Bertz CT molecular complexity index is 497. The van der Waals surface area contributed by atoms with Crippen molar-refractivity contribution in [3.05, 3.63) is 35.4 Å². The predicted molar refractivity (Wildman–Crippen MR) is 66.5 cm³/mol. The summed E-state index contributed by atoms with van der Waals surface area (Å²) in [7, 11) is 1.93. The Hall–Kier alpha value is -1.62. The van der Waals surface area contributed by atoms with Crippen LogP contribution in [0.2, 0.25) is 0 Å². The molecule has 0 radical (unpaired) electrons. The Kier molecular flexibility index (Phi) is 3.28. The van der Waals surface area contributed by atoms with Gasteiger partial charge in [0.25, 0.3) is 0 Å². The van der Waals surface area contributed by atoms with E-state index in [-0.39, 0.29) is 6.04 Å². The number of rotatable bonds is 4. The van der Waals surface area contributed by atoms with Gasteiger partial charge in [-0.3, -0.25) is 9.36 Å². The zero-order valence-corrected chi connectivity index (χ0v) is 10.6. The van der Waals surface area contributed by atoms with Gasteiger partial charge in [-0.2, -0.15) is 10.2 Å². The molecule has 0 aliphatic heterocycles. The van der Waals surface area contributed by atoms with Crippen LogP contribution in [0.5, 0.6) is 0 Å². The van der Waals surface area contributed by atoms with Crippen molar-refractivity contribution >= 4 is 0 Å². The Balaban J connectivity index is 2.33. The van der Waals surface area contributed by atoms with Crippen molar-refractivity contribution in [2.75, 3.05) is 0 Å². The van der Waals surface area contributed by atoms with Crippen molar-refractivity contribution in [1.82, 2.24) is 19.6 Å². The number of hydrogen-bond acceptors (Lipinski definition) is 3. The smallest absolute Gasteiger partial charge is 0.0756 e. The average molecular weight is 233 g/mol. The van der Waals surface area contributed by atoms with Crippen LogP contribution in [0, 0.1) is 6.92 Å². The van der Waals surface area contributed by atoms with Crippen LogP contribution in [-0.2, 0) is 13.6 Å². The molecule has 0 saturated heterocycles. The second-order valence-electron chi connectivity index (χ2n) is 4.27. The van der Waals surface area contributed by atoms with E-state index in [1.807, 2.05) is 35.6 Å². The van der Waals surface area contributed by atoms with Gasteiger partial charge in [0.05, 0.1) is 17.9 Å². The van der Waals surface area contributed by atoms with Crippen molar-refractivity contribution < 1.29 is 0 Å². The van der Waals surface area contributed by atoms with Gasteiger partial charge in [-0.15, -0.1) is 0 Å². The molecule has 5 heteroatoms. The molecule has 1 atom stereocenters. The first-order valence-corrected chi connectivity index (χ1v) is 5.91. The molecule has 0 saturated carbocycles. The van der Waals surface area contributed by atoms with Crippen LogP contribution in [0.15, 0.2) is 18.5 Å². The second kappa shape index (κ2) is 4.71. The molecule has 0 amide bonds. The number of aryl methyl sites for hydroxylation is 2. The predicted octanol–water partition coefficient (Wildman–Crippen LogP) is 1.38. The first kappa shape index (κ1) is 11.9. The number of hydrogen-bond donors (Lipinski definition) is 1. The van der Waals surface area contributed by atoms with E-state index in [4.69, 9.17) is 5.73 Å². The summed E-state index contributed by atoms with van der Waals surface area (Å²) >= 11 is 0. The molecule has 0 aliphatic carbocycles. The molecule has 2 rings (SSSR count). The molecule has 1 unspecified atom stereocenters. The summed E-state index contributed by atoms with van der Waals surface area (Å²) in [5.74, 6) is 0. The lowest BCUT2D eigenvalue weighted by Gasteiger charge is -2.13. The van der Waals surface area contributed by atoms with Crippen molar-refractivity contribution in [3.63, 3.8) is 0 Å². The van der Waals surface area contributed by atoms with Crippen LogP contribution < -0.4 is 5.73 Å². The number of nitrogens with two attached hydrogens (primary N) is 1. The Labute approximate surface area is 101 Å². The first-order valence-electron chi connectivity index (χ1n) is 5.91. The standard InChI is InChI=1S/C12H19N5/c1-4-7-17-11(5-6-14-17)12(13)10-8-15-16(3)9(10)2/h5-6,8,12H,4,7,13H2,1-3H3. The minimum absolute atomic E-state index is 0.155. The third kappa shape index (κ3) is 2.10. The van der Waals surface area contributed by atoms with Crippen LogP contribution in [0.25, 0.3) is 0 Å². The highest BCUT2D eigenvalue weighted by atomic mass is 15.3. The highest BCUT2D eigenvalue weighted by molar-refractivity contribution is 5.28. The number of aromatic nitrogens is 4. The molecule has 2 heterocycles. The maximum atomic E-state index is 6.29. The molecular formula is C12H19N5. The van der Waals surface area contributed by atoms with E-state index >= 15 is 0 Å². The minimum atomic E-state index is -0.155. The minimum Gasteiger partial charge on any atom is -0.319 e. The van der Waals surface area contributed by atoms with Crippen molar-refractivity contribution in [2.45, 2.75) is 32.9 Å². The third-order valence-electron chi connectivity index (χ3n) is 3.11. The Morgan fingerprint density at radius 1 is 1.41 bits per heavy atom. The van der Waals surface area contributed by atoms with E-state index in [0.717, 1.165) is 29.9 Å². The third-order valence-corrected chi connectivity index (χ3v) is 3.11. The zero-order valence-electron chi connectivity index (χ0n) is 10.6. The number of nitrogens with zero attached hydrogens (tertiary/aromatic N) is 4. The van der Waals surface area contributed by atoms with Crippen molar-refractivity contribution in [3.8, 4) is 0 Å². The van der Waals surface area contributed by atoms with Crippen LogP contribution in [0.3, 0.4) is 0 Å². The summed E-state index contributed by atoms with van der Waals surface area (Å²) in [4.78, 5) is 0. The van der Waals surface area contributed by atoms with Crippen LogP contribution >= 0.6 is 0 Å². The van der Waals surface area contributed by atoms with E-state index in [0.29, 0.717) is 0 Å². The van der Waals surface area contributed by atoms with Gasteiger partial charge in [-0.1, -0.05) is 6.92 Å². The maximum absolute atomic E-state index is 6.29. The molecule has 0 spiro atoms. The molecule has 2 aromatic heterocycles. The van der Waals surface area contributed by atoms with E-state index < -0.39 is 0 Å². The highest BCUT2D eigenvalue weighted by Crippen LogP contribution is 2.21. The van der Waals surface area contributed by atoms with Gasteiger partial charge in [-0.25, -0.2) is 0 Å². The summed E-state index contributed by atoms with van der Waals surface area (Å²) in [6, 6.07) is 1.82. The van der Waals surface area contributed by atoms with Crippen molar-refractivity contribution in [1.29, 1.82) is 0 Å². The average Bonchev–Trinajstić information content (AvgIpc) is 2.88. The fraction of sp³-hybridized carbons (Fsp3) is 0.500.